The first-order chi connectivity index (χ1) is 8.99. The van der Waals surface area contributed by atoms with E-state index in [0.29, 0.717) is 28.4 Å². The highest BCUT2D eigenvalue weighted by Gasteiger charge is 2.17. The Balaban J connectivity index is 2.86. The quantitative estimate of drug-likeness (QED) is 0.753. The van der Waals surface area contributed by atoms with Crippen molar-refractivity contribution >= 4 is 21.8 Å². The normalized spacial score (nSPS) is 11.8. The number of halogens is 1. The lowest BCUT2D eigenvalue weighted by Gasteiger charge is -2.19. The minimum atomic E-state index is -0.0485. The summed E-state index contributed by atoms with van der Waals surface area (Å²) in [7, 11) is 4.92. The summed E-state index contributed by atoms with van der Waals surface area (Å²) in [6.45, 7) is 2.76. The standard InChI is InChI=1S/C14H20BrNO3/c1-10(15)7-8-16(2)14(17)12-6-5-11(18-3)9-13(12)19-4/h5-6,9-10H,7-8H2,1-4H3. The van der Waals surface area contributed by atoms with Gasteiger partial charge in [0.25, 0.3) is 5.91 Å². The number of amides is 1. The summed E-state index contributed by atoms with van der Waals surface area (Å²) in [4.78, 5) is 14.4. The van der Waals surface area contributed by atoms with Crippen LogP contribution in [-0.4, -0.2) is 43.4 Å². The van der Waals surface area contributed by atoms with Gasteiger partial charge in [0.1, 0.15) is 11.5 Å². The van der Waals surface area contributed by atoms with Crippen molar-refractivity contribution in [2.45, 2.75) is 18.2 Å². The van der Waals surface area contributed by atoms with Crippen molar-refractivity contribution in [2.24, 2.45) is 0 Å². The third-order valence-corrected chi connectivity index (χ3v) is 3.31. The molecule has 0 aromatic heterocycles. The number of ether oxygens (including phenoxy) is 2. The molecule has 0 aliphatic rings. The molecule has 1 rings (SSSR count). The van der Waals surface area contributed by atoms with E-state index in [0.717, 1.165) is 6.42 Å². The number of hydrogen-bond acceptors (Lipinski definition) is 3. The van der Waals surface area contributed by atoms with Gasteiger partial charge < -0.3 is 14.4 Å². The van der Waals surface area contributed by atoms with Gasteiger partial charge in [0, 0.05) is 24.5 Å². The molecule has 0 saturated heterocycles. The number of benzene rings is 1. The van der Waals surface area contributed by atoms with Gasteiger partial charge in [0.05, 0.1) is 19.8 Å². The van der Waals surface area contributed by atoms with E-state index in [4.69, 9.17) is 9.47 Å². The second-order valence-electron chi connectivity index (χ2n) is 4.36. The number of hydrogen-bond donors (Lipinski definition) is 0. The Bertz CT molecular complexity index is 435. The fourth-order valence-corrected chi connectivity index (χ4v) is 1.86. The van der Waals surface area contributed by atoms with Gasteiger partial charge in [-0.05, 0) is 18.6 Å². The molecule has 0 aliphatic heterocycles. The van der Waals surface area contributed by atoms with Crippen LogP contribution < -0.4 is 9.47 Å². The first kappa shape index (κ1) is 15.8. The predicted molar refractivity (Wildman–Crippen MR) is 79.5 cm³/mol. The Kier molecular flexibility index (Phi) is 6.15. The monoisotopic (exact) mass is 329 g/mol. The zero-order valence-electron chi connectivity index (χ0n) is 11.8. The van der Waals surface area contributed by atoms with Crippen molar-refractivity contribution in [2.75, 3.05) is 27.8 Å². The van der Waals surface area contributed by atoms with Gasteiger partial charge in [0.2, 0.25) is 0 Å². The third-order valence-electron chi connectivity index (χ3n) is 2.85. The molecule has 1 aromatic rings. The molecule has 1 aromatic carbocycles. The summed E-state index contributed by atoms with van der Waals surface area (Å²) >= 11 is 3.48. The molecule has 1 amide bonds. The molecule has 1 atom stereocenters. The topological polar surface area (TPSA) is 38.8 Å². The summed E-state index contributed by atoms with van der Waals surface area (Å²) in [6.07, 6.45) is 0.903. The minimum absolute atomic E-state index is 0.0485. The zero-order valence-corrected chi connectivity index (χ0v) is 13.4. The van der Waals surface area contributed by atoms with Crippen molar-refractivity contribution in [3.63, 3.8) is 0 Å². The van der Waals surface area contributed by atoms with E-state index in [9.17, 15) is 4.79 Å². The van der Waals surface area contributed by atoms with Gasteiger partial charge in [-0.25, -0.2) is 0 Å². The maximum atomic E-state index is 12.3. The smallest absolute Gasteiger partial charge is 0.257 e. The van der Waals surface area contributed by atoms with E-state index in [2.05, 4.69) is 22.9 Å². The van der Waals surface area contributed by atoms with Crippen LogP contribution in [0.25, 0.3) is 0 Å². The molecular formula is C14H20BrNO3. The Morgan fingerprint density at radius 3 is 2.58 bits per heavy atom. The van der Waals surface area contributed by atoms with Gasteiger partial charge in [-0.2, -0.15) is 0 Å². The zero-order chi connectivity index (χ0) is 14.4. The molecule has 0 fully saturated rings. The number of carbonyl (C=O) groups is 1. The summed E-state index contributed by atoms with van der Waals surface area (Å²) in [5.41, 5.74) is 0.549. The van der Waals surface area contributed by atoms with Crippen LogP contribution in [-0.2, 0) is 0 Å². The van der Waals surface area contributed by atoms with Crippen LogP contribution in [0.4, 0.5) is 0 Å². The molecule has 4 nitrogen and oxygen atoms in total. The van der Waals surface area contributed by atoms with Crippen LogP contribution in [0.15, 0.2) is 18.2 Å². The molecular weight excluding hydrogens is 310 g/mol. The van der Waals surface area contributed by atoms with E-state index < -0.39 is 0 Å². The number of rotatable bonds is 6. The van der Waals surface area contributed by atoms with Crippen LogP contribution in [0.5, 0.6) is 11.5 Å². The average molecular weight is 330 g/mol. The first-order valence-corrected chi connectivity index (χ1v) is 7.02. The summed E-state index contributed by atoms with van der Waals surface area (Å²) in [6, 6.07) is 5.21. The maximum Gasteiger partial charge on any atom is 0.257 e. The molecule has 0 bridgehead atoms. The molecule has 0 saturated carbocycles. The molecule has 19 heavy (non-hydrogen) atoms. The predicted octanol–water partition coefficient (Wildman–Crippen LogP) is 2.95. The van der Waals surface area contributed by atoms with Gasteiger partial charge >= 0.3 is 0 Å². The Hall–Kier alpha value is -1.23. The van der Waals surface area contributed by atoms with E-state index in [-0.39, 0.29) is 5.91 Å². The van der Waals surface area contributed by atoms with Gasteiger partial charge in [0.15, 0.2) is 0 Å². The van der Waals surface area contributed by atoms with Crippen LogP contribution in [0.3, 0.4) is 0 Å². The van der Waals surface area contributed by atoms with Crippen molar-refractivity contribution < 1.29 is 14.3 Å². The number of carbonyl (C=O) groups excluding carboxylic acids is 1. The van der Waals surface area contributed by atoms with Gasteiger partial charge in [-0.3, -0.25) is 4.79 Å². The number of alkyl halides is 1. The van der Waals surface area contributed by atoms with E-state index in [1.165, 1.54) is 0 Å². The minimum Gasteiger partial charge on any atom is -0.497 e. The highest BCUT2D eigenvalue weighted by molar-refractivity contribution is 9.09. The highest BCUT2D eigenvalue weighted by atomic mass is 79.9. The van der Waals surface area contributed by atoms with Crippen LogP contribution in [0, 0.1) is 0 Å². The lowest BCUT2D eigenvalue weighted by atomic mass is 10.1. The van der Waals surface area contributed by atoms with Crippen molar-refractivity contribution in [3.05, 3.63) is 23.8 Å². The van der Waals surface area contributed by atoms with Crippen molar-refractivity contribution in [1.82, 2.24) is 4.90 Å². The SMILES string of the molecule is COc1ccc(C(=O)N(C)CCC(C)Br)c(OC)c1. The largest absolute Gasteiger partial charge is 0.497 e. The number of methoxy groups -OCH3 is 2. The van der Waals surface area contributed by atoms with Crippen molar-refractivity contribution in [3.8, 4) is 11.5 Å². The molecule has 5 heteroatoms. The highest BCUT2D eigenvalue weighted by Crippen LogP contribution is 2.25. The van der Waals surface area contributed by atoms with Crippen LogP contribution in [0.1, 0.15) is 23.7 Å². The Morgan fingerprint density at radius 2 is 2.05 bits per heavy atom. The van der Waals surface area contributed by atoms with E-state index >= 15 is 0 Å². The Labute approximate surface area is 122 Å². The molecule has 0 spiro atoms. The van der Waals surface area contributed by atoms with Crippen LogP contribution in [0.2, 0.25) is 0 Å². The van der Waals surface area contributed by atoms with Crippen LogP contribution >= 0.6 is 15.9 Å². The first-order valence-electron chi connectivity index (χ1n) is 6.11. The fraction of sp³-hybridized carbons (Fsp3) is 0.500. The van der Waals surface area contributed by atoms with E-state index in [1.54, 1.807) is 44.4 Å². The summed E-state index contributed by atoms with van der Waals surface area (Å²) < 4.78 is 10.4. The second kappa shape index (κ2) is 7.38. The molecule has 0 aliphatic carbocycles. The molecule has 0 N–H and O–H groups in total. The second-order valence-corrected chi connectivity index (χ2v) is 5.93. The van der Waals surface area contributed by atoms with Gasteiger partial charge in [-0.15, -0.1) is 0 Å². The van der Waals surface area contributed by atoms with Crippen molar-refractivity contribution in [1.29, 1.82) is 0 Å². The maximum absolute atomic E-state index is 12.3. The summed E-state index contributed by atoms with van der Waals surface area (Å²) in [5.74, 6) is 1.15. The molecule has 0 heterocycles. The molecule has 106 valence electrons. The Morgan fingerprint density at radius 1 is 1.37 bits per heavy atom. The lowest BCUT2D eigenvalue weighted by molar-refractivity contribution is 0.0790. The fourth-order valence-electron chi connectivity index (χ4n) is 1.65. The van der Waals surface area contributed by atoms with Gasteiger partial charge in [-0.1, -0.05) is 22.9 Å². The molecule has 0 radical (unpaired) electrons. The van der Waals surface area contributed by atoms with E-state index in [1.807, 2.05) is 0 Å². The third kappa shape index (κ3) is 4.42. The lowest BCUT2D eigenvalue weighted by Crippen LogP contribution is -2.29. The summed E-state index contributed by atoms with van der Waals surface area (Å²) in [5, 5.41) is 0. The average Bonchev–Trinajstić information content (AvgIpc) is 2.42. The number of nitrogens with zero attached hydrogens (tertiary/aromatic N) is 1. The molecule has 1 unspecified atom stereocenters.